The summed E-state index contributed by atoms with van der Waals surface area (Å²) in [7, 11) is 5.87. The Morgan fingerprint density at radius 3 is 2.48 bits per heavy atom. The molecule has 0 radical (unpaired) electrons. The van der Waals surface area contributed by atoms with E-state index in [0.717, 1.165) is 27.6 Å². The van der Waals surface area contributed by atoms with Crippen LogP contribution in [0.25, 0.3) is 10.8 Å². The van der Waals surface area contributed by atoms with E-state index in [1.807, 2.05) is 74.7 Å². The second-order valence-electron chi connectivity index (χ2n) is 6.50. The summed E-state index contributed by atoms with van der Waals surface area (Å²) >= 11 is 0. The van der Waals surface area contributed by atoms with Crippen LogP contribution < -0.4 is 4.90 Å². The number of hydrogen-bond donors (Lipinski definition) is 0. The summed E-state index contributed by atoms with van der Waals surface area (Å²) in [6.45, 7) is 0.593. The number of fused-ring (bicyclic) bond motifs is 1. The Labute approximate surface area is 148 Å². The van der Waals surface area contributed by atoms with Gasteiger partial charge in [-0.1, -0.05) is 30.3 Å². The highest BCUT2D eigenvalue weighted by Gasteiger charge is 2.12. The normalized spacial score (nSPS) is 10.7. The molecule has 0 aliphatic rings. The first-order valence-electron chi connectivity index (χ1n) is 8.36. The van der Waals surface area contributed by atoms with Crippen molar-refractivity contribution in [3.8, 4) is 0 Å². The standard InChI is InChI=1S/C21H23N3O/c1-23(2)19-9-7-16(8-10-19)13-21(25)24(3)15-18-6-4-5-17-14-22-12-11-20(17)18/h4-12,14H,13,15H2,1-3H3. The van der Waals surface area contributed by atoms with Gasteiger partial charge in [0.15, 0.2) is 0 Å². The quantitative estimate of drug-likeness (QED) is 0.717. The molecule has 4 nitrogen and oxygen atoms in total. The molecule has 1 aromatic heterocycles. The van der Waals surface area contributed by atoms with Crippen LogP contribution in [0.15, 0.2) is 60.9 Å². The van der Waals surface area contributed by atoms with Crippen molar-refractivity contribution >= 4 is 22.4 Å². The molecule has 4 heteroatoms. The van der Waals surface area contributed by atoms with Crippen LogP contribution in [0.5, 0.6) is 0 Å². The summed E-state index contributed by atoms with van der Waals surface area (Å²) < 4.78 is 0. The molecule has 0 aliphatic heterocycles. The van der Waals surface area contributed by atoms with E-state index in [9.17, 15) is 4.79 Å². The van der Waals surface area contributed by atoms with Crippen LogP contribution in [0.3, 0.4) is 0 Å². The maximum absolute atomic E-state index is 12.6. The molecule has 128 valence electrons. The van der Waals surface area contributed by atoms with E-state index < -0.39 is 0 Å². The van der Waals surface area contributed by atoms with Gasteiger partial charge in [-0.25, -0.2) is 0 Å². The van der Waals surface area contributed by atoms with E-state index >= 15 is 0 Å². The van der Waals surface area contributed by atoms with Crippen molar-refractivity contribution in [2.24, 2.45) is 0 Å². The van der Waals surface area contributed by atoms with Crippen molar-refractivity contribution in [1.82, 2.24) is 9.88 Å². The molecular formula is C21H23N3O. The Kier molecular flexibility index (Phi) is 4.98. The number of likely N-dealkylation sites (N-methyl/N-ethyl adjacent to an activating group) is 1. The van der Waals surface area contributed by atoms with E-state index in [0.29, 0.717) is 13.0 Å². The van der Waals surface area contributed by atoms with Crippen LogP contribution in [-0.4, -0.2) is 36.9 Å². The largest absolute Gasteiger partial charge is 0.378 e. The topological polar surface area (TPSA) is 36.4 Å². The maximum Gasteiger partial charge on any atom is 0.227 e. The highest BCUT2D eigenvalue weighted by atomic mass is 16.2. The molecule has 0 atom stereocenters. The number of nitrogens with zero attached hydrogens (tertiary/aromatic N) is 3. The van der Waals surface area contributed by atoms with Gasteiger partial charge in [0.2, 0.25) is 5.91 Å². The monoisotopic (exact) mass is 333 g/mol. The molecule has 1 amide bonds. The molecule has 1 heterocycles. The van der Waals surface area contributed by atoms with E-state index in [1.165, 1.54) is 0 Å². The summed E-state index contributed by atoms with van der Waals surface area (Å²) in [4.78, 5) is 20.6. The number of carbonyl (C=O) groups excluding carboxylic acids is 1. The van der Waals surface area contributed by atoms with Crippen molar-refractivity contribution in [2.45, 2.75) is 13.0 Å². The molecule has 2 aromatic carbocycles. The molecule has 0 spiro atoms. The second kappa shape index (κ2) is 7.34. The van der Waals surface area contributed by atoms with Gasteiger partial charge < -0.3 is 9.80 Å². The summed E-state index contributed by atoms with van der Waals surface area (Å²) in [5, 5.41) is 2.24. The van der Waals surface area contributed by atoms with Crippen LogP contribution in [0.1, 0.15) is 11.1 Å². The first-order valence-corrected chi connectivity index (χ1v) is 8.36. The van der Waals surface area contributed by atoms with Gasteiger partial charge in [0.25, 0.3) is 0 Å². The minimum absolute atomic E-state index is 0.115. The number of hydrogen-bond acceptors (Lipinski definition) is 3. The fourth-order valence-electron chi connectivity index (χ4n) is 2.89. The van der Waals surface area contributed by atoms with Crippen molar-refractivity contribution in [3.05, 3.63) is 72.1 Å². The number of anilines is 1. The smallest absolute Gasteiger partial charge is 0.227 e. The average Bonchev–Trinajstić information content (AvgIpc) is 2.62. The van der Waals surface area contributed by atoms with Gasteiger partial charge in [0.05, 0.1) is 6.42 Å². The van der Waals surface area contributed by atoms with Crippen molar-refractivity contribution in [2.75, 3.05) is 26.0 Å². The Morgan fingerprint density at radius 2 is 1.76 bits per heavy atom. The van der Waals surface area contributed by atoms with Gasteiger partial charge in [-0.05, 0) is 34.7 Å². The number of rotatable bonds is 5. The fourth-order valence-corrected chi connectivity index (χ4v) is 2.89. The molecule has 0 fully saturated rings. The van der Waals surface area contributed by atoms with Crippen LogP contribution in [-0.2, 0) is 17.8 Å². The lowest BCUT2D eigenvalue weighted by Crippen LogP contribution is -2.27. The first-order chi connectivity index (χ1) is 12.0. The average molecular weight is 333 g/mol. The molecule has 0 saturated heterocycles. The predicted octanol–water partition coefficient (Wildman–Crippen LogP) is 3.50. The van der Waals surface area contributed by atoms with Crippen LogP contribution in [0.2, 0.25) is 0 Å². The zero-order valence-corrected chi connectivity index (χ0v) is 14.9. The van der Waals surface area contributed by atoms with E-state index in [4.69, 9.17) is 0 Å². The lowest BCUT2D eigenvalue weighted by Gasteiger charge is -2.19. The van der Waals surface area contributed by atoms with Crippen LogP contribution in [0, 0.1) is 0 Å². The highest BCUT2D eigenvalue weighted by Crippen LogP contribution is 2.19. The van der Waals surface area contributed by atoms with Gasteiger partial charge in [0, 0.05) is 51.2 Å². The van der Waals surface area contributed by atoms with Gasteiger partial charge in [-0.3, -0.25) is 9.78 Å². The van der Waals surface area contributed by atoms with E-state index in [2.05, 4.69) is 11.1 Å². The fraction of sp³-hybridized carbons (Fsp3) is 0.238. The number of benzene rings is 2. The van der Waals surface area contributed by atoms with Crippen molar-refractivity contribution < 1.29 is 4.79 Å². The first kappa shape index (κ1) is 17.0. The van der Waals surface area contributed by atoms with Gasteiger partial charge in [-0.15, -0.1) is 0 Å². The van der Waals surface area contributed by atoms with Crippen LogP contribution in [0.4, 0.5) is 5.69 Å². The van der Waals surface area contributed by atoms with Crippen molar-refractivity contribution in [1.29, 1.82) is 0 Å². The number of pyridine rings is 1. The Hall–Kier alpha value is -2.88. The highest BCUT2D eigenvalue weighted by molar-refractivity contribution is 5.85. The third kappa shape index (κ3) is 3.97. The summed E-state index contributed by atoms with van der Waals surface area (Å²) in [5.74, 6) is 0.115. The Morgan fingerprint density at radius 1 is 1.00 bits per heavy atom. The molecule has 0 unspecified atom stereocenters. The predicted molar refractivity (Wildman–Crippen MR) is 103 cm³/mol. The minimum Gasteiger partial charge on any atom is -0.378 e. The van der Waals surface area contributed by atoms with Gasteiger partial charge in [0.1, 0.15) is 0 Å². The number of carbonyl (C=O) groups is 1. The molecule has 3 rings (SSSR count). The Bertz CT molecular complexity index is 866. The zero-order chi connectivity index (χ0) is 17.8. The summed E-state index contributed by atoms with van der Waals surface area (Å²) in [6.07, 6.45) is 4.06. The Balaban J connectivity index is 1.70. The molecule has 0 saturated carbocycles. The van der Waals surface area contributed by atoms with E-state index in [1.54, 1.807) is 11.1 Å². The van der Waals surface area contributed by atoms with Gasteiger partial charge >= 0.3 is 0 Å². The summed E-state index contributed by atoms with van der Waals surface area (Å²) in [5.41, 5.74) is 3.30. The molecule has 3 aromatic rings. The lowest BCUT2D eigenvalue weighted by atomic mass is 10.1. The summed E-state index contributed by atoms with van der Waals surface area (Å²) in [6, 6.07) is 16.2. The van der Waals surface area contributed by atoms with Crippen LogP contribution >= 0.6 is 0 Å². The molecular weight excluding hydrogens is 310 g/mol. The molecule has 0 bridgehead atoms. The molecule has 0 N–H and O–H groups in total. The lowest BCUT2D eigenvalue weighted by molar-refractivity contribution is -0.129. The third-order valence-electron chi connectivity index (χ3n) is 4.41. The third-order valence-corrected chi connectivity index (χ3v) is 4.41. The molecule has 25 heavy (non-hydrogen) atoms. The number of aromatic nitrogens is 1. The number of amides is 1. The molecule has 0 aliphatic carbocycles. The zero-order valence-electron chi connectivity index (χ0n) is 14.9. The minimum atomic E-state index is 0.115. The van der Waals surface area contributed by atoms with E-state index in [-0.39, 0.29) is 5.91 Å². The van der Waals surface area contributed by atoms with Gasteiger partial charge in [-0.2, -0.15) is 0 Å². The SMILES string of the molecule is CN(Cc1cccc2cnccc12)C(=O)Cc1ccc(N(C)C)cc1. The maximum atomic E-state index is 12.6. The second-order valence-corrected chi connectivity index (χ2v) is 6.50. The van der Waals surface area contributed by atoms with Crippen molar-refractivity contribution in [3.63, 3.8) is 0 Å².